The zero-order valence-electron chi connectivity index (χ0n) is 14.9. The van der Waals surface area contributed by atoms with Crippen LogP contribution in [0.4, 0.5) is 10.5 Å². The van der Waals surface area contributed by atoms with Crippen LogP contribution in [0.15, 0.2) is 24.3 Å². The number of carbonyl (C=O) groups excluding carboxylic acids is 2. The van der Waals surface area contributed by atoms with Crippen molar-refractivity contribution in [2.24, 2.45) is 5.92 Å². The molecule has 0 bridgehead atoms. The number of nitrogens with zero attached hydrogens (tertiary/aromatic N) is 1. The van der Waals surface area contributed by atoms with E-state index in [1.54, 1.807) is 17.0 Å². The molecule has 0 spiro atoms. The van der Waals surface area contributed by atoms with E-state index in [0.717, 1.165) is 19.3 Å². The van der Waals surface area contributed by atoms with Crippen molar-refractivity contribution in [2.45, 2.75) is 52.1 Å². The number of Topliss-reactive ketones (excluding diaryl/α,β-unsaturated/α-hetero) is 1. The van der Waals surface area contributed by atoms with Gasteiger partial charge in [0.2, 0.25) is 0 Å². The van der Waals surface area contributed by atoms with Gasteiger partial charge in [-0.3, -0.25) is 4.79 Å². The van der Waals surface area contributed by atoms with E-state index in [1.807, 2.05) is 32.9 Å². The average molecular weight is 332 g/mol. The summed E-state index contributed by atoms with van der Waals surface area (Å²) in [5, 5.41) is 0. The summed E-state index contributed by atoms with van der Waals surface area (Å²) in [4.78, 5) is 26.1. The van der Waals surface area contributed by atoms with Crippen molar-refractivity contribution < 1.29 is 14.3 Å². The molecule has 2 rings (SSSR count). The number of amides is 1. The molecule has 0 aromatic heterocycles. The van der Waals surface area contributed by atoms with E-state index in [9.17, 15) is 9.59 Å². The Bertz CT molecular complexity index is 585. The van der Waals surface area contributed by atoms with E-state index in [-0.39, 0.29) is 11.9 Å². The number of piperidine rings is 1. The monoisotopic (exact) mass is 332 g/mol. The highest BCUT2D eigenvalue weighted by Crippen LogP contribution is 2.25. The first-order valence-electron chi connectivity index (χ1n) is 8.62. The van der Waals surface area contributed by atoms with Crippen LogP contribution in [0.25, 0.3) is 0 Å². The predicted molar refractivity (Wildman–Crippen MR) is 94.9 cm³/mol. The third-order valence-electron chi connectivity index (χ3n) is 4.31. The van der Waals surface area contributed by atoms with Gasteiger partial charge in [-0.25, -0.2) is 4.79 Å². The van der Waals surface area contributed by atoms with E-state index >= 15 is 0 Å². The fourth-order valence-electron chi connectivity index (χ4n) is 2.95. The van der Waals surface area contributed by atoms with Crippen LogP contribution in [-0.2, 0) is 4.74 Å². The second kappa shape index (κ2) is 7.69. The average Bonchev–Trinajstić information content (AvgIpc) is 2.52. The van der Waals surface area contributed by atoms with Gasteiger partial charge in [0.25, 0.3) is 0 Å². The summed E-state index contributed by atoms with van der Waals surface area (Å²) in [5.41, 5.74) is 6.55. The number of ether oxygens (including phenoxy) is 1. The number of carbonyl (C=O) groups is 2. The number of rotatable bonds is 4. The molecule has 1 aromatic carbocycles. The third-order valence-corrected chi connectivity index (χ3v) is 4.31. The highest BCUT2D eigenvalue weighted by atomic mass is 16.6. The normalized spacial score (nSPS) is 16.0. The molecule has 1 amide bonds. The summed E-state index contributed by atoms with van der Waals surface area (Å²) in [6, 6.07) is 7.21. The van der Waals surface area contributed by atoms with Gasteiger partial charge in [-0.2, -0.15) is 0 Å². The fraction of sp³-hybridized carbons (Fsp3) is 0.579. The molecule has 1 aliphatic rings. The Kier molecular flexibility index (Phi) is 5.86. The van der Waals surface area contributed by atoms with Crippen molar-refractivity contribution in [2.75, 3.05) is 18.8 Å². The van der Waals surface area contributed by atoms with Gasteiger partial charge < -0.3 is 15.4 Å². The minimum absolute atomic E-state index is 0.0997. The topological polar surface area (TPSA) is 72.6 Å². The second-order valence-electron chi connectivity index (χ2n) is 7.46. The van der Waals surface area contributed by atoms with Gasteiger partial charge in [-0.05, 0) is 58.1 Å². The van der Waals surface area contributed by atoms with Gasteiger partial charge in [0, 0.05) is 30.8 Å². The summed E-state index contributed by atoms with van der Waals surface area (Å²) in [6.07, 6.45) is 2.93. The molecule has 2 N–H and O–H groups in total. The molecule has 0 aliphatic carbocycles. The van der Waals surface area contributed by atoms with Crippen molar-refractivity contribution in [3.63, 3.8) is 0 Å². The van der Waals surface area contributed by atoms with Gasteiger partial charge >= 0.3 is 6.09 Å². The van der Waals surface area contributed by atoms with Crippen LogP contribution in [0, 0.1) is 5.92 Å². The highest BCUT2D eigenvalue weighted by Gasteiger charge is 2.27. The Balaban J connectivity index is 1.76. The molecule has 1 aromatic rings. The minimum atomic E-state index is -0.462. The number of hydrogen-bond acceptors (Lipinski definition) is 4. The smallest absolute Gasteiger partial charge is 0.410 e. The van der Waals surface area contributed by atoms with Crippen LogP contribution < -0.4 is 5.73 Å². The molecule has 24 heavy (non-hydrogen) atoms. The van der Waals surface area contributed by atoms with Crippen LogP contribution in [0.5, 0.6) is 0 Å². The Morgan fingerprint density at radius 3 is 2.42 bits per heavy atom. The SMILES string of the molecule is CC(C)(C)OC(=O)N1CCC(CCC(=O)c2ccccc2N)CC1. The Morgan fingerprint density at radius 1 is 1.21 bits per heavy atom. The van der Waals surface area contributed by atoms with Crippen molar-refractivity contribution in [1.82, 2.24) is 4.90 Å². The Hall–Kier alpha value is -2.04. The molecular formula is C19H28N2O3. The first kappa shape index (κ1) is 18.3. The predicted octanol–water partition coefficient (Wildman–Crippen LogP) is 3.88. The quantitative estimate of drug-likeness (QED) is 0.671. The summed E-state index contributed by atoms with van der Waals surface area (Å²) >= 11 is 0. The molecule has 5 heteroatoms. The molecule has 1 heterocycles. The summed E-state index contributed by atoms with van der Waals surface area (Å²) in [7, 11) is 0. The zero-order chi connectivity index (χ0) is 17.7. The van der Waals surface area contributed by atoms with E-state index in [4.69, 9.17) is 10.5 Å². The van der Waals surface area contributed by atoms with Gasteiger partial charge in [0.1, 0.15) is 5.60 Å². The summed E-state index contributed by atoms with van der Waals surface area (Å²) in [5.74, 6) is 0.570. The molecule has 132 valence electrons. The lowest BCUT2D eigenvalue weighted by Crippen LogP contribution is -2.41. The minimum Gasteiger partial charge on any atom is -0.444 e. The molecule has 1 fully saturated rings. The van der Waals surface area contributed by atoms with Crippen LogP contribution in [0.3, 0.4) is 0 Å². The molecule has 1 saturated heterocycles. The zero-order valence-corrected chi connectivity index (χ0v) is 14.9. The van der Waals surface area contributed by atoms with E-state index in [0.29, 0.717) is 36.7 Å². The van der Waals surface area contributed by atoms with Crippen molar-refractivity contribution in [1.29, 1.82) is 0 Å². The molecule has 0 saturated carbocycles. The summed E-state index contributed by atoms with van der Waals surface area (Å²) < 4.78 is 5.40. The number of hydrogen-bond donors (Lipinski definition) is 1. The number of ketones is 1. The number of benzene rings is 1. The van der Waals surface area contributed by atoms with Crippen LogP contribution >= 0.6 is 0 Å². The molecule has 0 atom stereocenters. The highest BCUT2D eigenvalue weighted by molar-refractivity contribution is 6.00. The van der Waals surface area contributed by atoms with E-state index < -0.39 is 5.60 Å². The van der Waals surface area contributed by atoms with Crippen LogP contribution in [0.2, 0.25) is 0 Å². The first-order valence-corrected chi connectivity index (χ1v) is 8.62. The summed E-state index contributed by atoms with van der Waals surface area (Å²) in [6.45, 7) is 7.01. The molecular weight excluding hydrogens is 304 g/mol. The van der Waals surface area contributed by atoms with Gasteiger partial charge in [-0.1, -0.05) is 12.1 Å². The Morgan fingerprint density at radius 2 is 1.83 bits per heavy atom. The molecule has 0 radical (unpaired) electrons. The standard InChI is InChI=1S/C19H28N2O3/c1-19(2,3)24-18(23)21-12-10-14(11-13-21)8-9-17(22)15-6-4-5-7-16(15)20/h4-7,14H,8-13,20H2,1-3H3. The van der Waals surface area contributed by atoms with Crippen molar-refractivity contribution in [3.05, 3.63) is 29.8 Å². The largest absolute Gasteiger partial charge is 0.444 e. The number of nitrogens with two attached hydrogens (primary N) is 1. The third kappa shape index (κ3) is 5.25. The lowest BCUT2D eigenvalue weighted by Gasteiger charge is -2.33. The number of anilines is 1. The lowest BCUT2D eigenvalue weighted by atomic mass is 9.90. The fourth-order valence-corrected chi connectivity index (χ4v) is 2.95. The second-order valence-corrected chi connectivity index (χ2v) is 7.46. The van der Waals surface area contributed by atoms with Gasteiger partial charge in [-0.15, -0.1) is 0 Å². The van der Waals surface area contributed by atoms with Gasteiger partial charge in [0.05, 0.1) is 0 Å². The van der Waals surface area contributed by atoms with Crippen LogP contribution in [-0.4, -0.2) is 35.5 Å². The van der Waals surface area contributed by atoms with E-state index in [2.05, 4.69) is 0 Å². The van der Waals surface area contributed by atoms with Crippen LogP contribution in [0.1, 0.15) is 56.8 Å². The number of nitrogen functional groups attached to an aromatic ring is 1. The van der Waals surface area contributed by atoms with Crippen molar-refractivity contribution in [3.8, 4) is 0 Å². The number of likely N-dealkylation sites (tertiary alicyclic amines) is 1. The molecule has 0 unspecified atom stereocenters. The van der Waals surface area contributed by atoms with Gasteiger partial charge in [0.15, 0.2) is 5.78 Å². The lowest BCUT2D eigenvalue weighted by molar-refractivity contribution is 0.0180. The molecule has 1 aliphatic heterocycles. The first-order chi connectivity index (χ1) is 11.3. The number of para-hydroxylation sites is 1. The van der Waals surface area contributed by atoms with E-state index in [1.165, 1.54) is 0 Å². The Labute approximate surface area is 144 Å². The van der Waals surface area contributed by atoms with Crippen molar-refractivity contribution >= 4 is 17.6 Å². The maximum Gasteiger partial charge on any atom is 0.410 e. The maximum atomic E-state index is 12.3. The molecule has 5 nitrogen and oxygen atoms in total. The maximum absolute atomic E-state index is 12.3.